The van der Waals surface area contributed by atoms with Crippen LogP contribution >= 0.6 is 0 Å². The van der Waals surface area contributed by atoms with Gasteiger partial charge in [-0.2, -0.15) is 0 Å². The molecule has 2 saturated carbocycles. The van der Waals surface area contributed by atoms with Gasteiger partial charge in [0.1, 0.15) is 5.82 Å². The van der Waals surface area contributed by atoms with Crippen molar-refractivity contribution in [2.45, 2.75) is 62.0 Å². The van der Waals surface area contributed by atoms with Crippen molar-refractivity contribution >= 4 is 15.7 Å². The van der Waals surface area contributed by atoms with E-state index in [9.17, 15) is 21.6 Å². The van der Waals surface area contributed by atoms with E-state index in [0.717, 1.165) is 39.0 Å². The zero-order chi connectivity index (χ0) is 23.4. The van der Waals surface area contributed by atoms with Gasteiger partial charge in [0, 0.05) is 50.1 Å². The molecule has 5 nitrogen and oxygen atoms in total. The molecule has 9 heteroatoms. The van der Waals surface area contributed by atoms with E-state index in [-0.39, 0.29) is 29.3 Å². The molecule has 0 bridgehead atoms. The highest BCUT2D eigenvalue weighted by Crippen LogP contribution is 2.66. The molecule has 2 aliphatic carbocycles. The topological polar surface area (TPSA) is 52.7 Å². The number of anilines is 1. The van der Waals surface area contributed by atoms with Gasteiger partial charge >= 0.3 is 0 Å². The lowest BCUT2D eigenvalue weighted by Gasteiger charge is -2.32. The number of halogens is 3. The Morgan fingerprint density at radius 2 is 1.70 bits per heavy atom. The normalized spacial score (nSPS) is 32.0. The predicted octanol–water partition coefficient (Wildman–Crippen LogP) is 4.06. The van der Waals surface area contributed by atoms with Crippen molar-refractivity contribution in [2.24, 2.45) is 11.8 Å². The average molecular weight is 486 g/mol. The number of piperidine rings is 2. The van der Waals surface area contributed by atoms with Gasteiger partial charge in [0.05, 0.1) is 5.25 Å². The van der Waals surface area contributed by atoms with Crippen LogP contribution in [-0.2, 0) is 15.4 Å². The minimum atomic E-state index is -3.38. The number of hydrogen-bond acceptors (Lipinski definition) is 4. The third kappa shape index (κ3) is 4.52. The molecule has 5 rings (SSSR count). The average Bonchev–Trinajstić information content (AvgIpc) is 3.67. The molecule has 2 heterocycles. The fourth-order valence-electron chi connectivity index (χ4n) is 6.31. The molecule has 0 unspecified atom stereocenters. The molecule has 4 fully saturated rings. The van der Waals surface area contributed by atoms with Gasteiger partial charge in [-0.15, -0.1) is 0 Å². The standard InChI is InChI=1S/C24H34F3N3O2S/c1-2-24(19-14-17(4-7-22(19)25)28-33(31,32)18-5-6-18)20-15-30(16-21(20)24)11-3-10-29-12-8-23(26,27)9-13-29/h4,7,14,18,20-21,28H,2-3,5-6,8-13,15-16H2,1H3/t20-,21+,24+. The molecular weight excluding hydrogens is 451 g/mol. The van der Waals surface area contributed by atoms with Crippen LogP contribution in [0.4, 0.5) is 18.9 Å². The van der Waals surface area contributed by atoms with E-state index in [4.69, 9.17) is 0 Å². The molecule has 0 radical (unpaired) electrons. The maximum Gasteiger partial charge on any atom is 0.250 e. The second-order valence-electron chi connectivity index (χ2n) is 10.5. The zero-order valence-corrected chi connectivity index (χ0v) is 20.0. The third-order valence-corrected chi connectivity index (χ3v) is 10.3. The molecule has 0 aromatic heterocycles. The number of benzene rings is 1. The van der Waals surface area contributed by atoms with Crippen LogP contribution in [0.15, 0.2) is 18.2 Å². The van der Waals surface area contributed by atoms with E-state index in [2.05, 4.69) is 21.4 Å². The van der Waals surface area contributed by atoms with Crippen LogP contribution in [0.1, 0.15) is 51.0 Å². The fourth-order valence-corrected chi connectivity index (χ4v) is 7.68. The molecule has 0 amide bonds. The molecule has 1 N–H and O–H groups in total. The maximum atomic E-state index is 14.9. The van der Waals surface area contributed by atoms with Crippen LogP contribution in [-0.4, -0.2) is 68.7 Å². The Balaban J connectivity index is 1.17. The van der Waals surface area contributed by atoms with Crippen molar-refractivity contribution in [3.63, 3.8) is 0 Å². The van der Waals surface area contributed by atoms with Crippen molar-refractivity contribution < 1.29 is 21.6 Å². The number of alkyl halides is 2. The van der Waals surface area contributed by atoms with Crippen LogP contribution in [0.5, 0.6) is 0 Å². The molecule has 3 atom stereocenters. The summed E-state index contributed by atoms with van der Waals surface area (Å²) in [6.07, 6.45) is 3.08. The molecular formula is C24H34F3N3O2S. The monoisotopic (exact) mass is 485 g/mol. The Kier molecular flexibility index (Phi) is 5.97. The largest absolute Gasteiger partial charge is 0.303 e. The summed E-state index contributed by atoms with van der Waals surface area (Å²) in [6.45, 7) is 6.63. The lowest BCUT2D eigenvalue weighted by atomic mass is 9.86. The van der Waals surface area contributed by atoms with Crippen LogP contribution in [0, 0.1) is 17.7 Å². The van der Waals surface area contributed by atoms with E-state index < -0.39 is 15.9 Å². The molecule has 184 valence electrons. The van der Waals surface area contributed by atoms with Gasteiger partial charge in [-0.1, -0.05) is 6.92 Å². The first kappa shape index (κ1) is 23.4. The Labute approximate surface area is 194 Å². The summed E-state index contributed by atoms with van der Waals surface area (Å²) < 4.78 is 68.9. The number of sulfonamides is 1. The highest BCUT2D eigenvalue weighted by molar-refractivity contribution is 7.93. The van der Waals surface area contributed by atoms with Crippen molar-refractivity contribution in [3.8, 4) is 0 Å². The number of nitrogens with zero attached hydrogens (tertiary/aromatic N) is 2. The van der Waals surface area contributed by atoms with Crippen LogP contribution in [0.2, 0.25) is 0 Å². The second kappa shape index (κ2) is 8.41. The van der Waals surface area contributed by atoms with E-state index in [1.165, 1.54) is 12.1 Å². The zero-order valence-electron chi connectivity index (χ0n) is 19.2. The van der Waals surface area contributed by atoms with Gasteiger partial charge in [0.15, 0.2) is 0 Å². The molecule has 1 aromatic rings. The Morgan fingerprint density at radius 3 is 2.30 bits per heavy atom. The quantitative estimate of drug-likeness (QED) is 0.573. The number of rotatable bonds is 9. The third-order valence-electron chi connectivity index (χ3n) is 8.42. The molecule has 4 aliphatic rings. The Bertz CT molecular complexity index is 977. The van der Waals surface area contributed by atoms with Gasteiger partial charge in [-0.3, -0.25) is 4.72 Å². The summed E-state index contributed by atoms with van der Waals surface area (Å²) in [5.41, 5.74) is 0.880. The van der Waals surface area contributed by atoms with Gasteiger partial charge < -0.3 is 9.80 Å². The predicted molar refractivity (Wildman–Crippen MR) is 123 cm³/mol. The van der Waals surface area contributed by atoms with E-state index in [1.807, 2.05) is 0 Å². The lowest BCUT2D eigenvalue weighted by molar-refractivity contribution is -0.0553. The molecule has 33 heavy (non-hydrogen) atoms. The highest BCUT2D eigenvalue weighted by Gasteiger charge is 2.68. The van der Waals surface area contributed by atoms with Crippen molar-refractivity contribution in [1.82, 2.24) is 9.80 Å². The number of likely N-dealkylation sites (tertiary alicyclic amines) is 2. The summed E-state index contributed by atoms with van der Waals surface area (Å²) in [5.74, 6) is -2.00. The SMILES string of the molecule is CC[C@]1(c2cc(NS(=O)(=O)C3CC3)ccc2F)[C@@H]2CN(CCCN3CCC(F)(F)CC3)C[C@@H]21. The maximum absolute atomic E-state index is 14.9. The first-order valence-corrected chi connectivity index (χ1v) is 13.8. The molecule has 2 saturated heterocycles. The van der Waals surface area contributed by atoms with Crippen LogP contribution in [0.3, 0.4) is 0 Å². The summed E-state index contributed by atoms with van der Waals surface area (Å²) >= 11 is 0. The molecule has 0 spiro atoms. The van der Waals surface area contributed by atoms with Gasteiger partial charge in [-0.25, -0.2) is 21.6 Å². The Morgan fingerprint density at radius 1 is 1.06 bits per heavy atom. The first-order chi connectivity index (χ1) is 15.6. The number of fused-ring (bicyclic) bond motifs is 1. The molecule has 2 aliphatic heterocycles. The summed E-state index contributed by atoms with van der Waals surface area (Å²) in [7, 11) is -3.38. The van der Waals surface area contributed by atoms with E-state index in [1.54, 1.807) is 6.07 Å². The first-order valence-electron chi connectivity index (χ1n) is 12.3. The number of nitrogens with one attached hydrogen (secondary N) is 1. The lowest BCUT2D eigenvalue weighted by Crippen LogP contribution is -2.40. The van der Waals surface area contributed by atoms with Gasteiger partial charge in [-0.05, 0) is 74.4 Å². The Hall–Kier alpha value is -1.32. The number of hydrogen-bond donors (Lipinski definition) is 1. The van der Waals surface area contributed by atoms with Crippen LogP contribution < -0.4 is 4.72 Å². The van der Waals surface area contributed by atoms with Crippen molar-refractivity contribution in [1.29, 1.82) is 0 Å². The van der Waals surface area contributed by atoms with E-state index >= 15 is 0 Å². The van der Waals surface area contributed by atoms with Crippen LogP contribution in [0.25, 0.3) is 0 Å². The molecule has 1 aromatic carbocycles. The minimum absolute atomic E-state index is 0.0404. The van der Waals surface area contributed by atoms with Crippen molar-refractivity contribution in [3.05, 3.63) is 29.6 Å². The van der Waals surface area contributed by atoms with E-state index in [0.29, 0.717) is 49.0 Å². The van der Waals surface area contributed by atoms with Gasteiger partial charge in [0.2, 0.25) is 10.0 Å². The summed E-state index contributed by atoms with van der Waals surface area (Å²) in [4.78, 5) is 4.55. The van der Waals surface area contributed by atoms with Crippen molar-refractivity contribution in [2.75, 3.05) is 44.0 Å². The summed E-state index contributed by atoms with van der Waals surface area (Å²) in [6, 6.07) is 4.63. The van der Waals surface area contributed by atoms with Gasteiger partial charge in [0.25, 0.3) is 5.92 Å². The highest BCUT2D eigenvalue weighted by atomic mass is 32.2. The summed E-state index contributed by atoms with van der Waals surface area (Å²) in [5, 5.41) is -0.318. The fraction of sp³-hybridized carbons (Fsp3) is 0.750. The minimum Gasteiger partial charge on any atom is -0.303 e. The smallest absolute Gasteiger partial charge is 0.250 e. The second-order valence-corrected chi connectivity index (χ2v) is 12.4.